The summed E-state index contributed by atoms with van der Waals surface area (Å²) in [7, 11) is 0. The van der Waals surface area contributed by atoms with Gasteiger partial charge in [-0.3, -0.25) is 14.4 Å². The summed E-state index contributed by atoms with van der Waals surface area (Å²) < 4.78 is 11.3. The molecule has 67 heavy (non-hydrogen) atoms. The Hall–Kier alpha value is -4.94. The van der Waals surface area contributed by atoms with E-state index in [9.17, 15) is 19.2 Å². The molecule has 11 heteroatoms. The van der Waals surface area contributed by atoms with Gasteiger partial charge in [0.1, 0.15) is 0 Å². The third kappa shape index (κ3) is 22.6. The molecule has 0 saturated heterocycles. The normalized spacial score (nSPS) is 19.9. The summed E-state index contributed by atoms with van der Waals surface area (Å²) in [6, 6.07) is 0. The molecule has 0 aromatic carbocycles. The Kier molecular flexibility index (Phi) is 27.1. The number of ether oxygens (including phenoxy) is 2. The topological polar surface area (TPSA) is 175 Å². The third-order valence-corrected chi connectivity index (χ3v) is 11.9. The van der Waals surface area contributed by atoms with Gasteiger partial charge in [-0.05, 0) is 152 Å². The Morgan fingerprint density at radius 2 is 0.955 bits per heavy atom. The summed E-state index contributed by atoms with van der Waals surface area (Å²) in [6.45, 7) is 25.5. The second-order valence-corrected chi connectivity index (χ2v) is 19.1. The summed E-state index contributed by atoms with van der Waals surface area (Å²) in [5, 5.41) is 9.42. The van der Waals surface area contributed by atoms with Crippen LogP contribution in [0.3, 0.4) is 0 Å². The number of allylic oxidation sites excluding steroid dienone is 20. The molecule has 2 atom stereocenters. The minimum Gasteiger partial charge on any atom is -0.454 e. The molecule has 7 N–H and O–H groups in total. The summed E-state index contributed by atoms with van der Waals surface area (Å²) in [5.74, 6) is -0.587. The highest BCUT2D eigenvalue weighted by Crippen LogP contribution is 2.42. The van der Waals surface area contributed by atoms with Gasteiger partial charge in [0, 0.05) is 25.8 Å². The minimum atomic E-state index is -0.805. The van der Waals surface area contributed by atoms with E-state index in [0.717, 1.165) is 91.7 Å². The van der Waals surface area contributed by atoms with Crippen LogP contribution in [0, 0.1) is 10.8 Å². The molecular formula is C56H85N5O6. The Labute approximate surface area is 403 Å². The summed E-state index contributed by atoms with van der Waals surface area (Å²) in [5.41, 5.74) is 17.8. The van der Waals surface area contributed by atoms with Crippen LogP contribution in [0.1, 0.15) is 127 Å². The van der Waals surface area contributed by atoms with Crippen molar-refractivity contribution in [2.45, 2.75) is 139 Å². The average Bonchev–Trinajstić information content (AvgIpc) is 3.26. The molecule has 2 unspecified atom stereocenters. The molecule has 2 aliphatic carbocycles. The Balaban J connectivity index is 1.89. The molecule has 2 rings (SSSR count). The number of Topliss-reactive ketones (excluding diaryl/α,β-unsaturated/α-hetero) is 2. The largest absolute Gasteiger partial charge is 0.454 e. The van der Waals surface area contributed by atoms with E-state index in [1.807, 2.05) is 95.4 Å². The SMILES string of the molecule is CC(C=CC=C(C)C=CC1=C(C)C(=O)C(OC(=O)CCCCNCCCN)CC1(C)C)=CC=CC=C(C)C=CC=C(C)C=CC1=C(C)C(=O)C(OC(=O)NCCCCNCCCN)CC1(C)C. The van der Waals surface area contributed by atoms with Gasteiger partial charge in [0.25, 0.3) is 0 Å². The second-order valence-electron chi connectivity index (χ2n) is 19.1. The van der Waals surface area contributed by atoms with E-state index in [0.29, 0.717) is 56.5 Å². The zero-order valence-electron chi connectivity index (χ0n) is 42.7. The van der Waals surface area contributed by atoms with Crippen LogP contribution >= 0.6 is 0 Å². The highest BCUT2D eigenvalue weighted by atomic mass is 16.6. The van der Waals surface area contributed by atoms with E-state index >= 15 is 0 Å². The molecule has 2 aliphatic rings. The van der Waals surface area contributed by atoms with Crippen molar-refractivity contribution in [3.8, 4) is 0 Å². The second kappa shape index (κ2) is 31.2. The van der Waals surface area contributed by atoms with Crippen molar-refractivity contribution in [3.05, 3.63) is 130 Å². The van der Waals surface area contributed by atoms with E-state index in [1.54, 1.807) is 0 Å². The fraction of sp³-hybridized carbons (Fsp3) is 0.536. The smallest absolute Gasteiger partial charge is 0.407 e. The lowest BCUT2D eigenvalue weighted by Gasteiger charge is -2.36. The van der Waals surface area contributed by atoms with Crippen LogP contribution in [0.4, 0.5) is 4.79 Å². The Morgan fingerprint density at radius 1 is 0.567 bits per heavy atom. The predicted molar refractivity (Wildman–Crippen MR) is 277 cm³/mol. The number of amides is 1. The fourth-order valence-corrected chi connectivity index (χ4v) is 7.93. The molecule has 370 valence electrons. The van der Waals surface area contributed by atoms with Gasteiger partial charge < -0.3 is 36.9 Å². The quantitative estimate of drug-likeness (QED) is 0.0289. The van der Waals surface area contributed by atoms with Gasteiger partial charge in [0.05, 0.1) is 0 Å². The first-order valence-electron chi connectivity index (χ1n) is 24.4. The number of carbonyl (C=O) groups is 4. The maximum atomic E-state index is 13.3. The number of alkyl carbamates (subject to hydrolysis) is 1. The van der Waals surface area contributed by atoms with Crippen molar-refractivity contribution >= 4 is 23.6 Å². The highest BCUT2D eigenvalue weighted by molar-refractivity contribution is 6.02. The molecular weight excluding hydrogens is 839 g/mol. The van der Waals surface area contributed by atoms with E-state index < -0.39 is 18.3 Å². The number of rotatable bonds is 28. The van der Waals surface area contributed by atoms with Crippen molar-refractivity contribution in [3.63, 3.8) is 0 Å². The lowest BCUT2D eigenvalue weighted by molar-refractivity contribution is -0.156. The van der Waals surface area contributed by atoms with Gasteiger partial charge in [-0.15, -0.1) is 0 Å². The fourth-order valence-electron chi connectivity index (χ4n) is 7.93. The molecule has 0 spiro atoms. The van der Waals surface area contributed by atoms with Crippen LogP contribution in [0.15, 0.2) is 130 Å². The first kappa shape index (κ1) is 58.2. The number of hydrogen-bond donors (Lipinski definition) is 5. The molecule has 0 aromatic rings. The molecule has 0 saturated carbocycles. The van der Waals surface area contributed by atoms with Crippen molar-refractivity contribution < 1.29 is 28.7 Å². The standard InChI is InChI=1S/C56H85N5O6/c1-41(23-17-25-43(3)28-30-47-45(5)52(63)49(39-55(47,7)8)66-51(62)27-13-14-34-59-36-19-32-57)21-11-12-22-42(2)24-18-26-44(4)29-31-48-46(6)53(64)50(40-56(48,9)10)67-54(65)61-38-16-15-35-60-37-20-33-58/h11-12,17-18,21-26,28-31,49-50,59-60H,13-16,19-20,27,32-40,57-58H2,1-10H3,(H,61,65). The number of nitrogens with one attached hydrogen (secondary N) is 3. The maximum Gasteiger partial charge on any atom is 0.407 e. The number of esters is 1. The summed E-state index contributed by atoms with van der Waals surface area (Å²) in [4.78, 5) is 51.6. The molecule has 11 nitrogen and oxygen atoms in total. The van der Waals surface area contributed by atoms with E-state index in [4.69, 9.17) is 20.9 Å². The molecule has 0 radical (unpaired) electrons. The Bertz CT molecular complexity index is 2000. The van der Waals surface area contributed by atoms with Gasteiger partial charge in [-0.25, -0.2) is 4.79 Å². The molecule has 0 heterocycles. The van der Waals surface area contributed by atoms with Crippen LogP contribution in [-0.4, -0.2) is 81.7 Å². The minimum absolute atomic E-state index is 0.118. The molecule has 0 aliphatic heterocycles. The van der Waals surface area contributed by atoms with Crippen LogP contribution in [-0.2, 0) is 23.9 Å². The zero-order chi connectivity index (χ0) is 49.8. The van der Waals surface area contributed by atoms with E-state index in [-0.39, 0.29) is 28.4 Å². The zero-order valence-corrected chi connectivity index (χ0v) is 42.7. The van der Waals surface area contributed by atoms with Crippen molar-refractivity contribution in [1.29, 1.82) is 0 Å². The van der Waals surface area contributed by atoms with Crippen molar-refractivity contribution in [2.75, 3.05) is 45.8 Å². The summed E-state index contributed by atoms with van der Waals surface area (Å²) in [6.07, 6.45) is 32.7. The third-order valence-electron chi connectivity index (χ3n) is 11.9. The molecule has 0 aromatic heterocycles. The van der Waals surface area contributed by atoms with Gasteiger partial charge >= 0.3 is 12.1 Å². The number of carbonyl (C=O) groups excluding carboxylic acids is 4. The van der Waals surface area contributed by atoms with Crippen LogP contribution < -0.4 is 27.4 Å². The first-order chi connectivity index (χ1) is 31.8. The predicted octanol–water partition coefficient (Wildman–Crippen LogP) is 10.0. The maximum absolute atomic E-state index is 13.3. The average molecular weight is 924 g/mol. The number of nitrogens with two attached hydrogens (primary N) is 2. The van der Waals surface area contributed by atoms with Gasteiger partial charge in [-0.2, -0.15) is 0 Å². The number of unbranched alkanes of at least 4 members (excludes halogenated alkanes) is 2. The number of hydrogen-bond acceptors (Lipinski definition) is 10. The van der Waals surface area contributed by atoms with Gasteiger partial charge in [0.2, 0.25) is 0 Å². The summed E-state index contributed by atoms with van der Waals surface area (Å²) >= 11 is 0. The lowest BCUT2D eigenvalue weighted by Crippen LogP contribution is -2.41. The lowest BCUT2D eigenvalue weighted by atomic mass is 9.71. The monoisotopic (exact) mass is 924 g/mol. The van der Waals surface area contributed by atoms with Crippen LogP contribution in [0.2, 0.25) is 0 Å². The highest BCUT2D eigenvalue weighted by Gasteiger charge is 2.41. The van der Waals surface area contributed by atoms with Crippen molar-refractivity contribution in [1.82, 2.24) is 16.0 Å². The van der Waals surface area contributed by atoms with Gasteiger partial charge in [0.15, 0.2) is 23.8 Å². The van der Waals surface area contributed by atoms with Crippen molar-refractivity contribution in [2.24, 2.45) is 22.3 Å². The molecule has 0 fully saturated rings. The van der Waals surface area contributed by atoms with Crippen LogP contribution in [0.25, 0.3) is 0 Å². The molecule has 1 amide bonds. The first-order valence-corrected chi connectivity index (χ1v) is 24.4. The van der Waals surface area contributed by atoms with E-state index in [2.05, 4.69) is 74.9 Å². The van der Waals surface area contributed by atoms with E-state index in [1.165, 1.54) is 0 Å². The van der Waals surface area contributed by atoms with Gasteiger partial charge in [-0.1, -0.05) is 135 Å². The number of ketones is 2. The van der Waals surface area contributed by atoms with Crippen LogP contribution in [0.5, 0.6) is 0 Å². The molecule has 0 bridgehead atoms. The Morgan fingerprint density at radius 3 is 1.42 bits per heavy atom.